The highest BCUT2D eigenvalue weighted by atomic mass is 32.2. The monoisotopic (exact) mass is 364 g/mol. The fourth-order valence-electron chi connectivity index (χ4n) is 2.65. The van der Waals surface area contributed by atoms with Gasteiger partial charge in [-0.1, -0.05) is 6.07 Å². The maximum absolute atomic E-state index is 13.5. The highest BCUT2D eigenvalue weighted by Gasteiger charge is 2.49. The standard InChI is InChI=1S/C16H23F3N2O2S/c1-14(2,3)24(23)21-13(11-5-4-6-12(17)20-11)15(22)7-9-16(18,19)10-8-15/h4-6,13,21-22H,7-10H2,1-3H3/t13?,24-/m0/s1. The van der Waals surface area contributed by atoms with Gasteiger partial charge >= 0.3 is 0 Å². The van der Waals surface area contributed by atoms with Crippen molar-refractivity contribution in [3.63, 3.8) is 0 Å². The summed E-state index contributed by atoms with van der Waals surface area (Å²) in [7, 11) is 0. The maximum Gasteiger partial charge on any atom is 0.248 e. The van der Waals surface area contributed by atoms with Gasteiger partial charge in [-0.25, -0.2) is 13.8 Å². The summed E-state index contributed by atoms with van der Waals surface area (Å²) in [5.41, 5.74) is -1.41. The van der Waals surface area contributed by atoms with Crippen LogP contribution in [0.5, 0.6) is 0 Å². The average molecular weight is 364 g/mol. The summed E-state index contributed by atoms with van der Waals surface area (Å²) in [5, 5.41) is 10.9. The number of aliphatic hydroxyl groups is 1. The summed E-state index contributed by atoms with van der Waals surface area (Å²) in [6, 6.07) is 3.07. The number of hydrogen-bond donors (Lipinski definition) is 2. The van der Waals surface area contributed by atoms with Crippen LogP contribution in [0.4, 0.5) is 13.2 Å². The molecule has 0 amide bonds. The zero-order valence-corrected chi connectivity index (χ0v) is 14.8. The Morgan fingerprint density at radius 1 is 1.25 bits per heavy atom. The molecule has 2 rings (SSSR count). The predicted octanol–water partition coefficient (Wildman–Crippen LogP) is 3.25. The van der Waals surface area contributed by atoms with Crippen LogP contribution in [0.2, 0.25) is 0 Å². The molecule has 136 valence electrons. The number of hydrogen-bond acceptors (Lipinski definition) is 4. The Kier molecular flexibility index (Phi) is 5.54. The molecule has 0 aliphatic heterocycles. The molecule has 1 fully saturated rings. The van der Waals surface area contributed by atoms with E-state index < -0.39 is 52.5 Å². The SMILES string of the molecule is CC(C)(C)[S@+]([O-])NC(c1cccc(F)n1)C1(O)CCC(F)(F)CC1. The van der Waals surface area contributed by atoms with Gasteiger partial charge in [0, 0.05) is 24.2 Å². The number of nitrogens with zero attached hydrogens (tertiary/aromatic N) is 1. The van der Waals surface area contributed by atoms with Gasteiger partial charge in [-0.2, -0.15) is 4.39 Å². The van der Waals surface area contributed by atoms with E-state index in [2.05, 4.69) is 9.71 Å². The number of alkyl halides is 2. The van der Waals surface area contributed by atoms with Crippen molar-refractivity contribution in [3.05, 3.63) is 29.8 Å². The van der Waals surface area contributed by atoms with Crippen LogP contribution in [0, 0.1) is 5.95 Å². The molecule has 1 aliphatic rings. The third kappa shape index (κ3) is 4.62. The Balaban J connectivity index is 2.32. The molecule has 1 aromatic rings. The van der Waals surface area contributed by atoms with Crippen LogP contribution in [0.3, 0.4) is 0 Å². The molecule has 1 aliphatic carbocycles. The second-order valence-electron chi connectivity index (χ2n) is 7.28. The van der Waals surface area contributed by atoms with Crippen LogP contribution >= 0.6 is 0 Å². The minimum atomic E-state index is -2.82. The zero-order chi connectivity index (χ0) is 18.2. The highest BCUT2D eigenvalue weighted by Crippen LogP contribution is 2.44. The smallest absolute Gasteiger partial charge is 0.248 e. The lowest BCUT2D eigenvalue weighted by Crippen LogP contribution is -2.53. The van der Waals surface area contributed by atoms with Gasteiger partial charge in [-0.15, -0.1) is 4.72 Å². The second-order valence-corrected chi connectivity index (χ2v) is 9.27. The summed E-state index contributed by atoms with van der Waals surface area (Å²) in [6.45, 7) is 5.22. The molecule has 24 heavy (non-hydrogen) atoms. The first-order valence-electron chi connectivity index (χ1n) is 7.84. The Morgan fingerprint density at radius 3 is 2.33 bits per heavy atom. The van der Waals surface area contributed by atoms with E-state index in [1.54, 1.807) is 20.8 Å². The molecule has 1 saturated carbocycles. The molecule has 1 unspecified atom stereocenters. The van der Waals surface area contributed by atoms with Gasteiger partial charge < -0.3 is 9.66 Å². The van der Waals surface area contributed by atoms with Crippen LogP contribution in [-0.4, -0.2) is 30.9 Å². The van der Waals surface area contributed by atoms with Crippen LogP contribution in [0.1, 0.15) is 58.2 Å². The van der Waals surface area contributed by atoms with Gasteiger partial charge in [0.15, 0.2) is 0 Å². The van der Waals surface area contributed by atoms with E-state index in [4.69, 9.17) is 0 Å². The van der Waals surface area contributed by atoms with Crippen molar-refractivity contribution in [2.45, 2.75) is 68.8 Å². The van der Waals surface area contributed by atoms with E-state index in [1.165, 1.54) is 12.1 Å². The van der Waals surface area contributed by atoms with Gasteiger partial charge in [0.05, 0.1) is 11.3 Å². The first-order valence-corrected chi connectivity index (χ1v) is 8.99. The fourth-order valence-corrected chi connectivity index (χ4v) is 3.56. The Labute approximate surface area is 143 Å². The Bertz CT molecular complexity index is 571. The number of halogens is 3. The van der Waals surface area contributed by atoms with Crippen LogP contribution in [-0.2, 0) is 11.4 Å². The fraction of sp³-hybridized carbons (Fsp3) is 0.688. The van der Waals surface area contributed by atoms with Crippen LogP contribution < -0.4 is 4.72 Å². The number of pyridine rings is 1. The summed E-state index contributed by atoms with van der Waals surface area (Å²) in [4.78, 5) is 3.75. The van der Waals surface area contributed by atoms with E-state index >= 15 is 0 Å². The number of nitrogens with one attached hydrogen (secondary N) is 1. The third-order valence-corrected chi connectivity index (χ3v) is 5.76. The molecule has 0 radical (unpaired) electrons. The number of aromatic nitrogens is 1. The average Bonchev–Trinajstić information content (AvgIpc) is 2.47. The van der Waals surface area contributed by atoms with E-state index in [-0.39, 0.29) is 18.5 Å². The second kappa shape index (κ2) is 6.82. The van der Waals surface area contributed by atoms with Crippen molar-refractivity contribution in [2.24, 2.45) is 0 Å². The third-order valence-electron chi connectivity index (χ3n) is 4.20. The summed E-state index contributed by atoms with van der Waals surface area (Å²) >= 11 is -1.58. The summed E-state index contributed by atoms with van der Waals surface area (Å²) in [6.07, 6.45) is -1.31. The minimum absolute atomic E-state index is 0.153. The lowest BCUT2D eigenvalue weighted by Gasteiger charge is -2.42. The molecular formula is C16H23F3N2O2S. The van der Waals surface area contributed by atoms with Crippen molar-refractivity contribution in [1.29, 1.82) is 0 Å². The molecule has 0 spiro atoms. The number of rotatable bonds is 4. The lowest BCUT2D eigenvalue weighted by atomic mass is 9.77. The first-order chi connectivity index (χ1) is 10.9. The van der Waals surface area contributed by atoms with Crippen LogP contribution in [0.25, 0.3) is 0 Å². The molecule has 1 heterocycles. The largest absolute Gasteiger partial charge is 0.598 e. The summed E-state index contributed by atoms with van der Waals surface area (Å²) in [5.74, 6) is -3.57. The van der Waals surface area contributed by atoms with Gasteiger partial charge in [-0.3, -0.25) is 0 Å². The van der Waals surface area contributed by atoms with Crippen molar-refractivity contribution >= 4 is 11.4 Å². The van der Waals surface area contributed by atoms with Gasteiger partial charge in [0.2, 0.25) is 11.9 Å². The summed E-state index contributed by atoms with van der Waals surface area (Å²) < 4.78 is 55.0. The van der Waals surface area contributed by atoms with Gasteiger partial charge in [-0.05, 0) is 45.7 Å². The van der Waals surface area contributed by atoms with Gasteiger partial charge in [0.25, 0.3) is 0 Å². The van der Waals surface area contributed by atoms with Gasteiger partial charge in [0.1, 0.15) is 10.8 Å². The van der Waals surface area contributed by atoms with Crippen LogP contribution in [0.15, 0.2) is 18.2 Å². The van der Waals surface area contributed by atoms with E-state index in [0.29, 0.717) is 0 Å². The zero-order valence-electron chi connectivity index (χ0n) is 14.0. The topological polar surface area (TPSA) is 68.2 Å². The quantitative estimate of drug-likeness (QED) is 0.636. The van der Waals surface area contributed by atoms with Crippen molar-refractivity contribution < 1.29 is 22.8 Å². The molecule has 0 bridgehead atoms. The van der Waals surface area contributed by atoms with E-state index in [9.17, 15) is 22.8 Å². The molecule has 2 atom stereocenters. The molecule has 8 heteroatoms. The molecular weight excluding hydrogens is 341 g/mol. The van der Waals surface area contributed by atoms with E-state index in [0.717, 1.165) is 6.07 Å². The molecule has 2 N–H and O–H groups in total. The Hall–Kier alpha value is -0.830. The molecule has 0 saturated heterocycles. The predicted molar refractivity (Wildman–Crippen MR) is 86.3 cm³/mol. The molecule has 4 nitrogen and oxygen atoms in total. The Morgan fingerprint density at radius 2 is 1.83 bits per heavy atom. The molecule has 1 aromatic heterocycles. The molecule has 0 aromatic carbocycles. The van der Waals surface area contributed by atoms with Crippen molar-refractivity contribution in [2.75, 3.05) is 0 Å². The lowest BCUT2D eigenvalue weighted by molar-refractivity contribution is -0.115. The first kappa shape index (κ1) is 19.5. The van der Waals surface area contributed by atoms with E-state index in [1.807, 2.05) is 0 Å². The maximum atomic E-state index is 13.5. The minimum Gasteiger partial charge on any atom is -0.598 e. The highest BCUT2D eigenvalue weighted by molar-refractivity contribution is 7.90. The normalized spacial score (nSPS) is 22.8. The van der Waals surface area contributed by atoms with Crippen molar-refractivity contribution in [3.8, 4) is 0 Å². The van der Waals surface area contributed by atoms with Crippen molar-refractivity contribution in [1.82, 2.24) is 9.71 Å².